The summed E-state index contributed by atoms with van der Waals surface area (Å²) in [6.45, 7) is 6.57. The minimum atomic E-state index is 0.502. The Labute approximate surface area is 145 Å². The van der Waals surface area contributed by atoms with Gasteiger partial charge in [0, 0.05) is 31.8 Å². The zero-order chi connectivity index (χ0) is 17.9. The number of nitrogens with one attached hydrogen (secondary N) is 1. The van der Waals surface area contributed by atoms with E-state index in [2.05, 4.69) is 31.1 Å². The first kappa shape index (κ1) is 19.9. The lowest BCUT2D eigenvalue weighted by molar-refractivity contribution is 0.347. The second kappa shape index (κ2) is 10.6. The van der Waals surface area contributed by atoms with E-state index in [-0.39, 0.29) is 0 Å². The maximum atomic E-state index is 5.47. The first-order chi connectivity index (χ1) is 11.6. The van der Waals surface area contributed by atoms with Crippen molar-refractivity contribution in [3.63, 3.8) is 0 Å². The number of unbranched alkanes of at least 4 members (excludes halogenated alkanes) is 1. The van der Waals surface area contributed by atoms with Crippen LogP contribution in [-0.4, -0.2) is 52.3 Å². The summed E-state index contributed by atoms with van der Waals surface area (Å²) >= 11 is 0. The number of rotatable bonds is 9. The molecule has 0 radical (unpaired) electrons. The number of hydrogen-bond donors (Lipinski definition) is 1. The van der Waals surface area contributed by atoms with Gasteiger partial charge in [-0.2, -0.15) is 0 Å². The summed E-state index contributed by atoms with van der Waals surface area (Å²) in [7, 11) is 6.94. The van der Waals surface area contributed by atoms with Crippen molar-refractivity contribution >= 4 is 5.96 Å². The molecule has 6 nitrogen and oxygen atoms in total. The van der Waals surface area contributed by atoms with Crippen molar-refractivity contribution in [3.8, 4) is 17.2 Å². The molecule has 0 heterocycles. The predicted octanol–water partition coefficient (Wildman–Crippen LogP) is 2.91. The summed E-state index contributed by atoms with van der Waals surface area (Å²) in [5.41, 5.74) is 0.953. The number of aliphatic imine (C=N–C) groups is 1. The first-order valence-electron chi connectivity index (χ1n) is 8.39. The van der Waals surface area contributed by atoms with E-state index in [1.807, 2.05) is 12.1 Å². The lowest BCUT2D eigenvalue weighted by atomic mass is 10.1. The van der Waals surface area contributed by atoms with Crippen molar-refractivity contribution in [1.29, 1.82) is 0 Å². The highest BCUT2D eigenvalue weighted by Gasteiger charge is 2.12. The van der Waals surface area contributed by atoms with Gasteiger partial charge in [0.2, 0.25) is 0 Å². The van der Waals surface area contributed by atoms with Crippen molar-refractivity contribution < 1.29 is 14.2 Å². The topological polar surface area (TPSA) is 55.3 Å². The van der Waals surface area contributed by atoms with E-state index in [9.17, 15) is 0 Å². The molecule has 0 saturated heterocycles. The first-order valence-corrected chi connectivity index (χ1v) is 8.39. The largest absolute Gasteiger partial charge is 0.496 e. The summed E-state index contributed by atoms with van der Waals surface area (Å²) in [6, 6.07) is 3.74. The number of nitrogens with zero attached hydrogens (tertiary/aromatic N) is 2. The molecule has 6 heteroatoms. The number of hydrogen-bond acceptors (Lipinski definition) is 4. The molecule has 0 unspecified atom stereocenters. The van der Waals surface area contributed by atoms with Gasteiger partial charge >= 0.3 is 0 Å². The maximum absolute atomic E-state index is 5.47. The third-order valence-corrected chi connectivity index (χ3v) is 3.73. The molecule has 0 aliphatic rings. The normalized spacial score (nSPS) is 11.2. The summed E-state index contributed by atoms with van der Waals surface area (Å²) in [5, 5.41) is 3.33. The zero-order valence-electron chi connectivity index (χ0n) is 15.8. The zero-order valence-corrected chi connectivity index (χ0v) is 15.8. The Morgan fingerprint density at radius 3 is 2.21 bits per heavy atom. The molecule has 0 fully saturated rings. The average molecular weight is 337 g/mol. The van der Waals surface area contributed by atoms with Gasteiger partial charge in [0.05, 0.1) is 27.9 Å². The van der Waals surface area contributed by atoms with E-state index in [4.69, 9.17) is 19.2 Å². The van der Waals surface area contributed by atoms with Crippen LogP contribution < -0.4 is 19.5 Å². The van der Waals surface area contributed by atoms with Crippen LogP contribution in [0.3, 0.4) is 0 Å². The van der Waals surface area contributed by atoms with Crippen LogP contribution in [0.4, 0.5) is 0 Å². The molecule has 0 spiro atoms. The van der Waals surface area contributed by atoms with Gasteiger partial charge in [-0.05, 0) is 19.4 Å². The quantitative estimate of drug-likeness (QED) is 0.555. The number of methoxy groups -OCH3 is 3. The number of guanidine groups is 1. The summed E-state index contributed by atoms with van der Waals surface area (Å²) in [6.07, 6.45) is 2.30. The van der Waals surface area contributed by atoms with Crippen LogP contribution in [0, 0.1) is 0 Å². The summed E-state index contributed by atoms with van der Waals surface area (Å²) < 4.78 is 16.2. The fourth-order valence-electron chi connectivity index (χ4n) is 2.35. The average Bonchev–Trinajstić information content (AvgIpc) is 2.62. The molecular formula is C18H31N3O3. The number of ether oxygens (including phenoxy) is 3. The molecular weight excluding hydrogens is 306 g/mol. The van der Waals surface area contributed by atoms with Crippen molar-refractivity contribution in [3.05, 3.63) is 17.7 Å². The third kappa shape index (κ3) is 5.51. The summed E-state index contributed by atoms with van der Waals surface area (Å²) in [5.74, 6) is 2.95. The standard InChI is InChI=1S/C18H31N3O3/c1-7-9-10-21(3)18(19-8-2)20-13-14-11-16(23-5)17(24-6)12-15(14)22-4/h11-12H,7-10,13H2,1-6H3,(H,19,20). The fraction of sp³-hybridized carbons (Fsp3) is 0.611. The van der Waals surface area contributed by atoms with Crippen LogP contribution in [0.2, 0.25) is 0 Å². The van der Waals surface area contributed by atoms with E-state index in [1.54, 1.807) is 21.3 Å². The van der Waals surface area contributed by atoms with Crippen LogP contribution in [0.15, 0.2) is 17.1 Å². The van der Waals surface area contributed by atoms with Crippen molar-refractivity contribution in [1.82, 2.24) is 10.2 Å². The van der Waals surface area contributed by atoms with E-state index in [1.165, 1.54) is 0 Å². The van der Waals surface area contributed by atoms with Crippen molar-refractivity contribution in [2.45, 2.75) is 33.2 Å². The Morgan fingerprint density at radius 1 is 1.04 bits per heavy atom. The molecule has 136 valence electrons. The molecule has 24 heavy (non-hydrogen) atoms. The van der Waals surface area contributed by atoms with E-state index < -0.39 is 0 Å². The molecule has 1 aromatic rings. The van der Waals surface area contributed by atoms with Crippen LogP contribution in [0.25, 0.3) is 0 Å². The Bertz CT molecular complexity index is 532. The molecule has 1 aromatic carbocycles. The van der Waals surface area contributed by atoms with Gasteiger partial charge in [-0.1, -0.05) is 13.3 Å². The molecule has 0 aliphatic carbocycles. The molecule has 0 saturated carbocycles. The highest BCUT2D eigenvalue weighted by Crippen LogP contribution is 2.34. The van der Waals surface area contributed by atoms with Gasteiger partial charge in [0.1, 0.15) is 5.75 Å². The van der Waals surface area contributed by atoms with Crippen LogP contribution in [0.1, 0.15) is 32.3 Å². The second-order valence-electron chi connectivity index (χ2n) is 5.46. The van der Waals surface area contributed by atoms with Gasteiger partial charge in [0.25, 0.3) is 0 Å². The Hall–Kier alpha value is -2.11. The van der Waals surface area contributed by atoms with Crippen LogP contribution in [0.5, 0.6) is 17.2 Å². The van der Waals surface area contributed by atoms with Gasteiger partial charge in [-0.25, -0.2) is 4.99 Å². The minimum absolute atomic E-state index is 0.502. The smallest absolute Gasteiger partial charge is 0.193 e. The van der Waals surface area contributed by atoms with E-state index in [0.717, 1.165) is 43.2 Å². The lowest BCUT2D eigenvalue weighted by Gasteiger charge is -2.22. The second-order valence-corrected chi connectivity index (χ2v) is 5.46. The van der Waals surface area contributed by atoms with Crippen molar-refractivity contribution in [2.24, 2.45) is 4.99 Å². The molecule has 0 atom stereocenters. The highest BCUT2D eigenvalue weighted by molar-refractivity contribution is 5.79. The Balaban J connectivity index is 3.02. The monoisotopic (exact) mass is 337 g/mol. The SMILES string of the molecule is CCCCN(C)C(=NCc1cc(OC)c(OC)cc1OC)NCC. The van der Waals surface area contributed by atoms with E-state index in [0.29, 0.717) is 18.0 Å². The molecule has 1 rings (SSSR count). The number of benzene rings is 1. The molecule has 0 aromatic heterocycles. The molecule has 0 aliphatic heterocycles. The highest BCUT2D eigenvalue weighted by atomic mass is 16.5. The fourth-order valence-corrected chi connectivity index (χ4v) is 2.35. The molecule has 0 amide bonds. The Morgan fingerprint density at radius 2 is 1.67 bits per heavy atom. The molecule has 0 bridgehead atoms. The third-order valence-electron chi connectivity index (χ3n) is 3.73. The van der Waals surface area contributed by atoms with E-state index >= 15 is 0 Å². The Kier molecular flexibility index (Phi) is 8.83. The molecule has 1 N–H and O–H groups in total. The lowest BCUT2D eigenvalue weighted by Crippen LogP contribution is -2.39. The minimum Gasteiger partial charge on any atom is -0.496 e. The van der Waals surface area contributed by atoms with Gasteiger partial charge in [0.15, 0.2) is 17.5 Å². The van der Waals surface area contributed by atoms with Gasteiger partial charge < -0.3 is 24.4 Å². The van der Waals surface area contributed by atoms with Crippen molar-refractivity contribution in [2.75, 3.05) is 41.5 Å². The summed E-state index contributed by atoms with van der Waals surface area (Å²) in [4.78, 5) is 6.88. The maximum Gasteiger partial charge on any atom is 0.193 e. The predicted molar refractivity (Wildman–Crippen MR) is 98.5 cm³/mol. The van der Waals surface area contributed by atoms with Crippen LogP contribution in [-0.2, 0) is 6.54 Å². The van der Waals surface area contributed by atoms with Gasteiger partial charge in [-0.15, -0.1) is 0 Å². The van der Waals surface area contributed by atoms with Crippen LogP contribution >= 0.6 is 0 Å². The van der Waals surface area contributed by atoms with Gasteiger partial charge in [-0.3, -0.25) is 0 Å².